The van der Waals surface area contributed by atoms with Crippen LogP contribution in [0, 0.1) is 6.92 Å². The fraction of sp³-hybridized carbons (Fsp3) is 0.429. The number of hydrogen-bond donors (Lipinski definition) is 1. The largest absolute Gasteiger partial charge is 0.393 e. The van der Waals surface area contributed by atoms with E-state index in [9.17, 15) is 0 Å². The minimum Gasteiger partial charge on any atom is -0.393 e. The number of nitrogens with zero attached hydrogens (tertiary/aromatic N) is 3. The third kappa shape index (κ3) is 1.58. The summed E-state index contributed by atoms with van der Waals surface area (Å²) < 4.78 is 0. The van der Waals surface area contributed by atoms with Gasteiger partial charge in [-0.05, 0) is 6.92 Å². The summed E-state index contributed by atoms with van der Waals surface area (Å²) in [4.78, 5) is 9.86. The Morgan fingerprint density at radius 2 is 1.92 bits per heavy atom. The fourth-order valence-corrected chi connectivity index (χ4v) is 1.08. The summed E-state index contributed by atoms with van der Waals surface area (Å²) in [6, 6.07) is 0. The topological polar surface area (TPSA) is 55.0 Å². The van der Waals surface area contributed by atoms with Crippen molar-refractivity contribution in [1.82, 2.24) is 9.97 Å². The molecule has 0 unspecified atom stereocenters. The minimum atomic E-state index is 0.311. The Morgan fingerprint density at radius 3 is 2.42 bits per heavy atom. The van der Waals surface area contributed by atoms with E-state index in [1.165, 1.54) is 0 Å². The number of anilines is 2. The molecule has 0 aliphatic rings. The molecular formula is C7H11ClN4. The van der Waals surface area contributed by atoms with Gasteiger partial charge < -0.3 is 10.6 Å². The molecule has 0 atom stereocenters. The monoisotopic (exact) mass is 186 g/mol. The summed E-state index contributed by atoms with van der Waals surface area (Å²) >= 11 is 5.76. The van der Waals surface area contributed by atoms with Crippen molar-refractivity contribution in [1.29, 1.82) is 0 Å². The summed E-state index contributed by atoms with van der Waals surface area (Å²) in [5.74, 6) is 1.28. The Balaban J connectivity index is 3.28. The lowest BCUT2D eigenvalue weighted by Crippen LogP contribution is -2.14. The van der Waals surface area contributed by atoms with Crippen LogP contribution in [0.4, 0.5) is 11.5 Å². The van der Waals surface area contributed by atoms with Gasteiger partial charge in [-0.3, -0.25) is 0 Å². The Kier molecular flexibility index (Phi) is 2.38. The quantitative estimate of drug-likeness (QED) is 0.668. The van der Waals surface area contributed by atoms with Gasteiger partial charge in [-0.15, -0.1) is 0 Å². The average molecular weight is 187 g/mol. The van der Waals surface area contributed by atoms with Crippen LogP contribution >= 0.6 is 11.6 Å². The van der Waals surface area contributed by atoms with Crippen LogP contribution < -0.4 is 10.6 Å². The molecule has 0 bridgehead atoms. The molecule has 0 radical (unpaired) electrons. The van der Waals surface area contributed by atoms with Crippen molar-refractivity contribution < 1.29 is 0 Å². The van der Waals surface area contributed by atoms with E-state index < -0.39 is 0 Å². The van der Waals surface area contributed by atoms with E-state index in [4.69, 9.17) is 17.3 Å². The van der Waals surface area contributed by atoms with Crippen molar-refractivity contribution in [3.8, 4) is 0 Å². The highest BCUT2D eigenvalue weighted by atomic mass is 35.5. The highest BCUT2D eigenvalue weighted by Gasteiger charge is 2.08. The van der Waals surface area contributed by atoms with E-state index in [0.29, 0.717) is 22.5 Å². The summed E-state index contributed by atoms with van der Waals surface area (Å²) in [7, 11) is 3.71. The molecule has 5 heteroatoms. The van der Waals surface area contributed by atoms with Crippen molar-refractivity contribution in [2.24, 2.45) is 0 Å². The number of hydrogen-bond acceptors (Lipinski definition) is 4. The van der Waals surface area contributed by atoms with Gasteiger partial charge in [-0.25, -0.2) is 9.97 Å². The molecule has 0 aliphatic carbocycles. The maximum absolute atomic E-state index is 5.76. The van der Waals surface area contributed by atoms with E-state index in [2.05, 4.69) is 9.97 Å². The molecule has 0 fully saturated rings. The molecule has 0 saturated carbocycles. The molecule has 2 N–H and O–H groups in total. The molecule has 0 aliphatic heterocycles. The summed E-state index contributed by atoms with van der Waals surface area (Å²) in [5, 5.41) is 0.311. The molecule has 0 aromatic carbocycles. The summed E-state index contributed by atoms with van der Waals surface area (Å²) in [6.45, 7) is 1.78. The van der Waals surface area contributed by atoms with E-state index >= 15 is 0 Å². The summed E-state index contributed by atoms with van der Waals surface area (Å²) in [5.41, 5.74) is 6.08. The number of aromatic nitrogens is 2. The van der Waals surface area contributed by atoms with Gasteiger partial charge in [-0.1, -0.05) is 11.6 Å². The van der Waals surface area contributed by atoms with Gasteiger partial charge in [-0.2, -0.15) is 0 Å². The second-order valence-corrected chi connectivity index (χ2v) is 3.05. The second-order valence-electron chi connectivity index (χ2n) is 2.69. The van der Waals surface area contributed by atoms with Crippen LogP contribution in [0.2, 0.25) is 5.15 Å². The Morgan fingerprint density at radius 1 is 1.33 bits per heavy atom. The van der Waals surface area contributed by atoms with Crippen LogP contribution in [-0.4, -0.2) is 24.1 Å². The Hall–Kier alpha value is -1.03. The number of halogens is 1. The highest BCUT2D eigenvalue weighted by Crippen LogP contribution is 2.24. The SMILES string of the molecule is Cc1nc(Cl)c(N)c(N(C)C)n1. The first-order valence-corrected chi connectivity index (χ1v) is 3.87. The van der Waals surface area contributed by atoms with Crippen LogP contribution in [0.1, 0.15) is 5.82 Å². The molecule has 1 heterocycles. The summed E-state index contributed by atoms with van der Waals surface area (Å²) in [6.07, 6.45) is 0. The van der Waals surface area contributed by atoms with Crippen molar-refractivity contribution in [2.45, 2.75) is 6.92 Å². The predicted molar refractivity (Wildman–Crippen MR) is 50.5 cm³/mol. The van der Waals surface area contributed by atoms with E-state index in [-0.39, 0.29) is 0 Å². The normalized spacial score (nSPS) is 10.0. The predicted octanol–water partition coefficient (Wildman–Crippen LogP) is 1.09. The highest BCUT2D eigenvalue weighted by molar-refractivity contribution is 6.32. The molecule has 1 aromatic heterocycles. The van der Waals surface area contributed by atoms with Crippen molar-refractivity contribution >= 4 is 23.1 Å². The Labute approximate surface area is 76.4 Å². The molecule has 0 spiro atoms. The van der Waals surface area contributed by atoms with E-state index in [1.54, 1.807) is 11.8 Å². The number of aryl methyl sites for hydroxylation is 1. The standard InChI is InChI=1S/C7H11ClN4/c1-4-10-6(8)5(9)7(11-4)12(2)3/h9H2,1-3H3. The maximum Gasteiger partial charge on any atom is 0.157 e. The molecular weight excluding hydrogens is 176 g/mol. The third-order valence-corrected chi connectivity index (χ3v) is 1.70. The first-order chi connectivity index (χ1) is 5.52. The van der Waals surface area contributed by atoms with Gasteiger partial charge in [0.1, 0.15) is 11.5 Å². The Bertz CT molecular complexity index is 298. The first-order valence-electron chi connectivity index (χ1n) is 3.49. The number of nitrogen functional groups attached to an aromatic ring is 1. The van der Waals surface area contributed by atoms with Crippen LogP contribution in [-0.2, 0) is 0 Å². The molecule has 4 nitrogen and oxygen atoms in total. The van der Waals surface area contributed by atoms with Crippen molar-refractivity contribution in [2.75, 3.05) is 24.7 Å². The van der Waals surface area contributed by atoms with Gasteiger partial charge in [0.2, 0.25) is 0 Å². The van der Waals surface area contributed by atoms with Crippen LogP contribution in [0.15, 0.2) is 0 Å². The van der Waals surface area contributed by atoms with Crippen molar-refractivity contribution in [3.63, 3.8) is 0 Å². The molecule has 1 rings (SSSR count). The lowest BCUT2D eigenvalue weighted by Gasteiger charge is -2.14. The zero-order chi connectivity index (χ0) is 9.30. The van der Waals surface area contributed by atoms with Gasteiger partial charge >= 0.3 is 0 Å². The van der Waals surface area contributed by atoms with Gasteiger partial charge in [0.15, 0.2) is 11.0 Å². The fourth-order valence-electron chi connectivity index (χ4n) is 0.874. The zero-order valence-corrected chi connectivity index (χ0v) is 8.05. The lowest BCUT2D eigenvalue weighted by atomic mass is 10.4. The number of rotatable bonds is 1. The molecule has 66 valence electrons. The first kappa shape index (κ1) is 9.06. The third-order valence-electron chi connectivity index (χ3n) is 1.41. The van der Waals surface area contributed by atoms with Crippen LogP contribution in [0.5, 0.6) is 0 Å². The van der Waals surface area contributed by atoms with Gasteiger partial charge in [0.25, 0.3) is 0 Å². The second kappa shape index (κ2) is 3.15. The minimum absolute atomic E-state index is 0.311. The molecule has 0 saturated heterocycles. The smallest absolute Gasteiger partial charge is 0.157 e. The number of nitrogens with two attached hydrogens (primary N) is 1. The van der Waals surface area contributed by atoms with E-state index in [0.717, 1.165) is 0 Å². The van der Waals surface area contributed by atoms with Gasteiger partial charge in [0.05, 0.1) is 0 Å². The van der Waals surface area contributed by atoms with Crippen LogP contribution in [0.25, 0.3) is 0 Å². The molecule has 0 amide bonds. The van der Waals surface area contributed by atoms with Crippen molar-refractivity contribution in [3.05, 3.63) is 11.0 Å². The maximum atomic E-state index is 5.76. The van der Waals surface area contributed by atoms with Crippen LogP contribution in [0.3, 0.4) is 0 Å². The van der Waals surface area contributed by atoms with Gasteiger partial charge in [0, 0.05) is 14.1 Å². The molecule has 1 aromatic rings. The van der Waals surface area contributed by atoms with E-state index in [1.807, 2.05) is 14.1 Å². The molecule has 12 heavy (non-hydrogen) atoms. The average Bonchev–Trinajstić information content (AvgIpc) is 1.96. The lowest BCUT2D eigenvalue weighted by molar-refractivity contribution is 0.993. The zero-order valence-electron chi connectivity index (χ0n) is 7.30.